The molecular weight excluding hydrogens is 248 g/mol. The Morgan fingerprint density at radius 1 is 1.28 bits per heavy atom. The minimum absolute atomic E-state index is 0.266. The van der Waals surface area contributed by atoms with Gasteiger partial charge >= 0.3 is 6.03 Å². The maximum atomic E-state index is 11.5. The number of hydrogen-bond donors (Lipinski definition) is 2. The van der Waals surface area contributed by atoms with E-state index in [9.17, 15) is 9.00 Å². The molecule has 18 heavy (non-hydrogen) atoms. The van der Waals surface area contributed by atoms with E-state index in [-0.39, 0.29) is 6.03 Å². The first kappa shape index (κ1) is 14.7. The normalized spacial score (nSPS) is 12.2. The van der Waals surface area contributed by atoms with Crippen molar-refractivity contribution in [3.05, 3.63) is 29.8 Å². The summed E-state index contributed by atoms with van der Waals surface area (Å²) in [7, 11) is -0.879. The fraction of sp³-hybridized carbons (Fsp3) is 0.462. The molecule has 2 N–H and O–H groups in total. The van der Waals surface area contributed by atoms with Crippen molar-refractivity contribution in [2.75, 3.05) is 23.9 Å². The van der Waals surface area contributed by atoms with E-state index in [1.807, 2.05) is 24.3 Å². The largest absolute Gasteiger partial charge is 0.337 e. The van der Waals surface area contributed by atoms with Crippen LogP contribution in [0, 0.1) is 0 Å². The summed E-state index contributed by atoms with van der Waals surface area (Å²) in [6.45, 7) is 4.67. The summed E-state index contributed by atoms with van der Waals surface area (Å²) >= 11 is 0. The SMILES string of the molecule is CC(C)c1ccc(NC(=O)NCC[S@@](C)=O)cc1. The molecule has 0 saturated heterocycles. The van der Waals surface area contributed by atoms with E-state index in [4.69, 9.17) is 0 Å². The first-order valence-electron chi connectivity index (χ1n) is 5.94. The van der Waals surface area contributed by atoms with Gasteiger partial charge in [-0.2, -0.15) is 0 Å². The average Bonchev–Trinajstić information content (AvgIpc) is 2.29. The number of carbonyl (C=O) groups is 1. The van der Waals surface area contributed by atoms with E-state index >= 15 is 0 Å². The minimum atomic E-state index is -0.879. The van der Waals surface area contributed by atoms with Crippen molar-refractivity contribution in [3.8, 4) is 0 Å². The first-order chi connectivity index (χ1) is 8.49. The van der Waals surface area contributed by atoms with Gasteiger partial charge in [0.1, 0.15) is 0 Å². The van der Waals surface area contributed by atoms with Crippen molar-refractivity contribution >= 4 is 22.5 Å². The zero-order valence-electron chi connectivity index (χ0n) is 11.0. The van der Waals surface area contributed by atoms with Gasteiger partial charge in [-0.25, -0.2) is 4.79 Å². The summed E-state index contributed by atoms with van der Waals surface area (Å²) in [6.07, 6.45) is 1.62. The maximum absolute atomic E-state index is 11.5. The van der Waals surface area contributed by atoms with Gasteiger partial charge in [0.15, 0.2) is 0 Å². The standard InChI is InChI=1S/C13H20N2O2S/c1-10(2)11-4-6-12(7-5-11)15-13(16)14-8-9-18(3)17/h4-7,10H,8-9H2,1-3H3,(H2,14,15,16)/t18-/m1/s1. The minimum Gasteiger partial charge on any atom is -0.337 e. The van der Waals surface area contributed by atoms with Crippen molar-refractivity contribution in [1.82, 2.24) is 5.32 Å². The predicted octanol–water partition coefficient (Wildman–Crippen LogP) is 2.31. The van der Waals surface area contributed by atoms with Gasteiger partial charge in [-0.15, -0.1) is 0 Å². The van der Waals surface area contributed by atoms with Gasteiger partial charge in [0, 0.05) is 35.0 Å². The van der Waals surface area contributed by atoms with E-state index in [0.29, 0.717) is 18.2 Å². The van der Waals surface area contributed by atoms with Crippen molar-refractivity contribution in [2.45, 2.75) is 19.8 Å². The van der Waals surface area contributed by atoms with Crippen molar-refractivity contribution < 1.29 is 9.00 Å². The number of nitrogens with one attached hydrogen (secondary N) is 2. The van der Waals surface area contributed by atoms with Crippen LogP contribution in [-0.4, -0.2) is 28.8 Å². The van der Waals surface area contributed by atoms with Crippen LogP contribution in [0.25, 0.3) is 0 Å². The number of anilines is 1. The second kappa shape index (κ2) is 7.16. The molecular formula is C13H20N2O2S. The molecule has 100 valence electrons. The Morgan fingerprint density at radius 3 is 2.39 bits per heavy atom. The summed E-state index contributed by atoms with van der Waals surface area (Å²) < 4.78 is 10.8. The Balaban J connectivity index is 2.42. The molecule has 0 heterocycles. The van der Waals surface area contributed by atoms with Gasteiger partial charge in [-0.3, -0.25) is 4.21 Å². The molecule has 2 amide bonds. The Hall–Kier alpha value is -1.36. The van der Waals surface area contributed by atoms with Crippen molar-refractivity contribution in [3.63, 3.8) is 0 Å². The lowest BCUT2D eigenvalue weighted by molar-refractivity contribution is 0.252. The Labute approximate surface area is 111 Å². The Morgan fingerprint density at radius 2 is 1.89 bits per heavy atom. The topological polar surface area (TPSA) is 58.2 Å². The van der Waals surface area contributed by atoms with Gasteiger partial charge in [0.2, 0.25) is 0 Å². The van der Waals surface area contributed by atoms with Crippen LogP contribution in [0.15, 0.2) is 24.3 Å². The van der Waals surface area contributed by atoms with Crippen LogP contribution in [0.4, 0.5) is 10.5 Å². The van der Waals surface area contributed by atoms with Crippen LogP contribution in [0.3, 0.4) is 0 Å². The first-order valence-corrected chi connectivity index (χ1v) is 7.66. The number of benzene rings is 1. The van der Waals surface area contributed by atoms with Crippen LogP contribution in [0.1, 0.15) is 25.3 Å². The summed E-state index contributed by atoms with van der Waals surface area (Å²) in [5.41, 5.74) is 2.00. The van der Waals surface area contributed by atoms with E-state index in [1.165, 1.54) is 5.56 Å². The third kappa shape index (κ3) is 5.31. The fourth-order valence-electron chi connectivity index (χ4n) is 1.43. The van der Waals surface area contributed by atoms with Gasteiger partial charge in [-0.1, -0.05) is 26.0 Å². The molecule has 0 aliphatic rings. The third-order valence-electron chi connectivity index (χ3n) is 2.51. The van der Waals surface area contributed by atoms with Gasteiger partial charge in [-0.05, 0) is 23.6 Å². The molecule has 0 unspecified atom stereocenters. The van der Waals surface area contributed by atoms with Gasteiger partial charge < -0.3 is 10.6 Å². The summed E-state index contributed by atoms with van der Waals surface area (Å²) in [5.74, 6) is 0.951. The maximum Gasteiger partial charge on any atom is 0.319 e. The van der Waals surface area contributed by atoms with Crippen LogP contribution in [-0.2, 0) is 10.8 Å². The number of urea groups is 1. The summed E-state index contributed by atoms with van der Waals surface area (Å²) in [4.78, 5) is 11.5. The van der Waals surface area contributed by atoms with E-state index < -0.39 is 10.8 Å². The molecule has 5 heteroatoms. The number of carbonyl (C=O) groups excluding carboxylic acids is 1. The lowest BCUT2D eigenvalue weighted by atomic mass is 10.0. The lowest BCUT2D eigenvalue weighted by Gasteiger charge is -2.09. The van der Waals surface area contributed by atoms with Crippen molar-refractivity contribution in [1.29, 1.82) is 0 Å². The highest BCUT2D eigenvalue weighted by molar-refractivity contribution is 7.84. The Kier molecular flexibility index (Phi) is 5.85. The molecule has 0 aliphatic heterocycles. The summed E-state index contributed by atoms with van der Waals surface area (Å²) in [5, 5.41) is 5.39. The highest BCUT2D eigenvalue weighted by Gasteiger charge is 2.03. The summed E-state index contributed by atoms with van der Waals surface area (Å²) in [6, 6.07) is 7.50. The zero-order valence-corrected chi connectivity index (χ0v) is 11.8. The highest BCUT2D eigenvalue weighted by Crippen LogP contribution is 2.16. The smallest absolute Gasteiger partial charge is 0.319 e. The monoisotopic (exact) mass is 268 g/mol. The average molecular weight is 268 g/mol. The molecule has 4 nitrogen and oxygen atoms in total. The molecule has 1 aromatic carbocycles. The number of hydrogen-bond acceptors (Lipinski definition) is 2. The van der Waals surface area contributed by atoms with E-state index in [1.54, 1.807) is 6.26 Å². The zero-order chi connectivity index (χ0) is 13.5. The molecule has 0 aromatic heterocycles. The van der Waals surface area contributed by atoms with Crippen molar-refractivity contribution in [2.24, 2.45) is 0 Å². The number of rotatable bonds is 5. The molecule has 0 aliphatic carbocycles. The van der Waals surface area contributed by atoms with Crippen LogP contribution in [0.2, 0.25) is 0 Å². The lowest BCUT2D eigenvalue weighted by Crippen LogP contribution is -2.31. The van der Waals surface area contributed by atoms with Gasteiger partial charge in [0.25, 0.3) is 0 Å². The van der Waals surface area contributed by atoms with Crippen LogP contribution >= 0.6 is 0 Å². The second-order valence-electron chi connectivity index (χ2n) is 4.43. The highest BCUT2D eigenvalue weighted by atomic mass is 32.2. The third-order valence-corrected chi connectivity index (χ3v) is 3.29. The van der Waals surface area contributed by atoms with Crippen LogP contribution in [0.5, 0.6) is 0 Å². The van der Waals surface area contributed by atoms with Crippen LogP contribution < -0.4 is 10.6 Å². The van der Waals surface area contributed by atoms with E-state index in [2.05, 4.69) is 24.5 Å². The molecule has 0 saturated carbocycles. The fourth-order valence-corrected chi connectivity index (χ4v) is 1.82. The number of amides is 2. The Bertz CT molecular complexity index is 416. The predicted molar refractivity (Wildman–Crippen MR) is 76.5 cm³/mol. The quantitative estimate of drug-likeness (QED) is 0.861. The molecule has 1 rings (SSSR count). The molecule has 0 bridgehead atoms. The second-order valence-corrected chi connectivity index (χ2v) is 5.99. The van der Waals surface area contributed by atoms with Gasteiger partial charge in [0.05, 0.1) is 0 Å². The van der Waals surface area contributed by atoms with E-state index in [0.717, 1.165) is 5.69 Å². The molecule has 0 spiro atoms. The molecule has 0 radical (unpaired) electrons. The molecule has 1 aromatic rings. The molecule has 0 fully saturated rings. The molecule has 1 atom stereocenters.